The van der Waals surface area contributed by atoms with Crippen LogP contribution in [0.4, 0.5) is 5.82 Å². The van der Waals surface area contributed by atoms with Crippen LogP contribution >= 0.6 is 0 Å². The molecule has 0 aliphatic carbocycles. The Morgan fingerprint density at radius 3 is 2.60 bits per heavy atom. The van der Waals surface area contributed by atoms with Gasteiger partial charge in [-0.3, -0.25) is 4.79 Å². The number of benzene rings is 1. The molecule has 136 valence electrons. The minimum atomic E-state index is -0.0377. The number of likely N-dealkylation sites (N-methyl/N-ethyl adjacent to an activating group) is 1. The number of unbranched alkanes of at least 4 members (excludes halogenated alkanes) is 1. The Morgan fingerprint density at radius 1 is 1.12 bits per heavy atom. The Kier molecular flexibility index (Phi) is 7.67. The van der Waals surface area contributed by atoms with Gasteiger partial charge in [-0.25, -0.2) is 4.98 Å². The van der Waals surface area contributed by atoms with E-state index in [1.807, 2.05) is 30.3 Å². The molecule has 5 heteroatoms. The van der Waals surface area contributed by atoms with E-state index < -0.39 is 0 Å². The van der Waals surface area contributed by atoms with Crippen LogP contribution < -0.4 is 10.6 Å². The maximum Gasteiger partial charge on any atom is 0.252 e. The number of rotatable bonds is 10. The number of aromatic nitrogens is 1. The van der Waals surface area contributed by atoms with Gasteiger partial charge in [0.1, 0.15) is 5.82 Å². The van der Waals surface area contributed by atoms with Crippen LogP contribution in [-0.2, 0) is 0 Å². The number of para-hydroxylation sites is 1. The zero-order valence-electron chi connectivity index (χ0n) is 15.6. The highest BCUT2D eigenvalue weighted by atomic mass is 16.1. The molecule has 0 radical (unpaired) electrons. The van der Waals surface area contributed by atoms with Crippen LogP contribution in [0.1, 0.15) is 44.0 Å². The molecular weight excluding hydrogens is 312 g/mol. The summed E-state index contributed by atoms with van der Waals surface area (Å²) in [6, 6.07) is 9.67. The van der Waals surface area contributed by atoms with E-state index in [2.05, 4.69) is 41.3 Å². The number of nitrogens with one attached hydrogen (secondary N) is 2. The minimum Gasteiger partial charge on any atom is -0.370 e. The van der Waals surface area contributed by atoms with E-state index >= 15 is 0 Å². The van der Waals surface area contributed by atoms with E-state index in [9.17, 15) is 4.79 Å². The molecule has 0 bridgehead atoms. The number of nitrogens with zero attached hydrogens (tertiary/aromatic N) is 2. The number of pyridine rings is 1. The maximum absolute atomic E-state index is 12.7. The van der Waals surface area contributed by atoms with E-state index in [1.165, 1.54) is 0 Å². The van der Waals surface area contributed by atoms with Crippen molar-refractivity contribution < 1.29 is 4.79 Å². The second-order valence-electron chi connectivity index (χ2n) is 6.14. The van der Waals surface area contributed by atoms with Crippen LogP contribution in [-0.4, -0.2) is 48.5 Å². The Labute approximate surface area is 150 Å². The highest BCUT2D eigenvalue weighted by Gasteiger charge is 2.13. The molecule has 2 aromatic rings. The zero-order chi connectivity index (χ0) is 18.1. The lowest BCUT2D eigenvalue weighted by Crippen LogP contribution is -2.34. The topological polar surface area (TPSA) is 57.3 Å². The van der Waals surface area contributed by atoms with Gasteiger partial charge in [-0.1, -0.05) is 45.4 Å². The first kappa shape index (κ1) is 19.2. The number of amides is 1. The molecule has 2 rings (SSSR count). The van der Waals surface area contributed by atoms with Gasteiger partial charge >= 0.3 is 0 Å². The molecule has 1 amide bonds. The molecule has 0 saturated carbocycles. The molecule has 1 heterocycles. The van der Waals surface area contributed by atoms with E-state index in [-0.39, 0.29) is 5.91 Å². The Morgan fingerprint density at radius 2 is 1.88 bits per heavy atom. The minimum absolute atomic E-state index is 0.0377. The predicted octanol–water partition coefficient (Wildman–Crippen LogP) is 3.52. The summed E-state index contributed by atoms with van der Waals surface area (Å²) in [4.78, 5) is 19.6. The third-order valence-electron chi connectivity index (χ3n) is 4.41. The summed E-state index contributed by atoms with van der Waals surface area (Å²) in [7, 11) is 0. The van der Waals surface area contributed by atoms with Crippen molar-refractivity contribution in [3.63, 3.8) is 0 Å². The van der Waals surface area contributed by atoms with Crippen LogP contribution in [0.3, 0.4) is 0 Å². The molecule has 0 aliphatic rings. The van der Waals surface area contributed by atoms with Gasteiger partial charge in [-0.05, 0) is 31.6 Å². The van der Waals surface area contributed by atoms with Gasteiger partial charge in [-0.15, -0.1) is 0 Å². The van der Waals surface area contributed by atoms with Gasteiger partial charge in [0.25, 0.3) is 5.91 Å². The van der Waals surface area contributed by atoms with E-state index in [0.717, 1.165) is 55.7 Å². The molecule has 0 saturated heterocycles. The van der Waals surface area contributed by atoms with Gasteiger partial charge in [0, 0.05) is 25.0 Å². The van der Waals surface area contributed by atoms with Crippen LogP contribution in [0.2, 0.25) is 0 Å². The largest absolute Gasteiger partial charge is 0.370 e. The fourth-order valence-electron chi connectivity index (χ4n) is 2.81. The molecule has 0 atom stereocenters. The van der Waals surface area contributed by atoms with Crippen molar-refractivity contribution >= 4 is 22.6 Å². The maximum atomic E-state index is 12.7. The summed E-state index contributed by atoms with van der Waals surface area (Å²) < 4.78 is 0. The van der Waals surface area contributed by atoms with Gasteiger partial charge in [0.15, 0.2) is 0 Å². The lowest BCUT2D eigenvalue weighted by atomic mass is 10.1. The SMILES string of the molecule is CCCCNc1cc(C(=O)NCCN(CC)CC)c2ccccc2n1. The van der Waals surface area contributed by atoms with E-state index in [1.54, 1.807) is 0 Å². The number of carbonyl (C=O) groups is 1. The Bertz CT molecular complexity index is 682. The van der Waals surface area contributed by atoms with E-state index in [0.29, 0.717) is 12.1 Å². The van der Waals surface area contributed by atoms with E-state index in [4.69, 9.17) is 0 Å². The van der Waals surface area contributed by atoms with Crippen molar-refractivity contribution in [2.45, 2.75) is 33.6 Å². The summed E-state index contributed by atoms with van der Waals surface area (Å²) in [5.74, 6) is 0.727. The third kappa shape index (κ3) is 5.43. The van der Waals surface area contributed by atoms with Crippen molar-refractivity contribution in [2.24, 2.45) is 0 Å². The Balaban J connectivity index is 2.15. The standard InChI is InChI=1S/C20H30N4O/c1-4-7-12-21-19-15-17(16-10-8-9-11-18(16)23-19)20(25)22-13-14-24(5-2)6-3/h8-11,15H,4-7,12-14H2,1-3H3,(H,21,23)(H,22,25). The number of carbonyl (C=O) groups excluding carboxylic acids is 1. The number of fused-ring (bicyclic) bond motifs is 1. The summed E-state index contributed by atoms with van der Waals surface area (Å²) in [6.07, 6.45) is 2.21. The third-order valence-corrected chi connectivity index (χ3v) is 4.41. The fourth-order valence-corrected chi connectivity index (χ4v) is 2.81. The molecule has 25 heavy (non-hydrogen) atoms. The average Bonchev–Trinajstić information content (AvgIpc) is 2.64. The van der Waals surface area contributed by atoms with Crippen LogP contribution in [0.5, 0.6) is 0 Å². The van der Waals surface area contributed by atoms with Crippen LogP contribution in [0.25, 0.3) is 10.9 Å². The smallest absolute Gasteiger partial charge is 0.252 e. The first-order chi connectivity index (χ1) is 12.2. The summed E-state index contributed by atoms with van der Waals surface area (Å²) >= 11 is 0. The molecule has 0 spiro atoms. The predicted molar refractivity (Wildman–Crippen MR) is 105 cm³/mol. The van der Waals surface area contributed by atoms with Crippen molar-refractivity contribution in [3.8, 4) is 0 Å². The van der Waals surface area contributed by atoms with Gasteiger partial charge in [0.2, 0.25) is 0 Å². The Hall–Kier alpha value is -2.14. The fraction of sp³-hybridized carbons (Fsp3) is 0.500. The lowest BCUT2D eigenvalue weighted by Gasteiger charge is -2.18. The van der Waals surface area contributed by atoms with Crippen molar-refractivity contribution in [3.05, 3.63) is 35.9 Å². The molecular formula is C20H30N4O. The molecule has 5 nitrogen and oxygen atoms in total. The van der Waals surface area contributed by atoms with Crippen LogP contribution in [0.15, 0.2) is 30.3 Å². The number of anilines is 1. The van der Waals surface area contributed by atoms with Crippen molar-refractivity contribution in [1.29, 1.82) is 0 Å². The van der Waals surface area contributed by atoms with Crippen LogP contribution in [0, 0.1) is 0 Å². The molecule has 0 unspecified atom stereocenters. The normalized spacial score (nSPS) is 11.0. The van der Waals surface area contributed by atoms with Crippen molar-refractivity contribution in [2.75, 3.05) is 38.0 Å². The molecule has 1 aromatic heterocycles. The zero-order valence-corrected chi connectivity index (χ0v) is 15.6. The number of hydrogen-bond donors (Lipinski definition) is 2. The molecule has 2 N–H and O–H groups in total. The van der Waals surface area contributed by atoms with Gasteiger partial charge in [-0.2, -0.15) is 0 Å². The van der Waals surface area contributed by atoms with Crippen molar-refractivity contribution in [1.82, 2.24) is 15.2 Å². The first-order valence-corrected chi connectivity index (χ1v) is 9.33. The lowest BCUT2D eigenvalue weighted by molar-refractivity contribution is 0.0950. The molecule has 1 aromatic carbocycles. The molecule has 0 fully saturated rings. The van der Waals surface area contributed by atoms with Gasteiger partial charge in [0.05, 0.1) is 11.1 Å². The monoisotopic (exact) mass is 342 g/mol. The summed E-state index contributed by atoms with van der Waals surface area (Å²) in [5, 5.41) is 7.27. The molecule has 0 aliphatic heterocycles. The van der Waals surface area contributed by atoms with Gasteiger partial charge < -0.3 is 15.5 Å². The number of hydrogen-bond acceptors (Lipinski definition) is 4. The summed E-state index contributed by atoms with van der Waals surface area (Å²) in [5.41, 5.74) is 1.53. The second-order valence-corrected chi connectivity index (χ2v) is 6.14. The quantitative estimate of drug-likeness (QED) is 0.649. The summed E-state index contributed by atoms with van der Waals surface area (Å²) in [6.45, 7) is 10.8. The highest BCUT2D eigenvalue weighted by molar-refractivity contribution is 6.06. The average molecular weight is 342 g/mol. The highest BCUT2D eigenvalue weighted by Crippen LogP contribution is 2.20. The first-order valence-electron chi connectivity index (χ1n) is 9.33. The second kappa shape index (κ2) is 9.99.